The van der Waals surface area contributed by atoms with Crippen molar-refractivity contribution in [1.82, 2.24) is 9.78 Å². The number of methoxy groups -OCH3 is 1. The molecule has 0 amide bonds. The number of carbonyl (C=O) groups is 1. The molecule has 1 aromatic rings. The Morgan fingerprint density at radius 3 is 2.88 bits per heavy atom. The highest BCUT2D eigenvalue weighted by Crippen LogP contribution is 2.40. The van der Waals surface area contributed by atoms with Crippen LogP contribution >= 0.6 is 11.6 Å². The molecule has 5 heteroatoms. The van der Waals surface area contributed by atoms with Gasteiger partial charge in [0.05, 0.1) is 18.2 Å². The first-order valence-electron chi connectivity index (χ1n) is 5.40. The van der Waals surface area contributed by atoms with E-state index in [0.29, 0.717) is 28.9 Å². The number of carbonyl (C=O) groups excluding carboxylic acids is 1. The van der Waals surface area contributed by atoms with Gasteiger partial charge < -0.3 is 4.74 Å². The number of ether oxygens (including phenoxy) is 1. The zero-order valence-corrected chi connectivity index (χ0v) is 10.2. The molecule has 0 radical (unpaired) electrons. The topological polar surface area (TPSA) is 44.1 Å². The maximum atomic E-state index is 11.0. The molecule has 1 aliphatic rings. The fraction of sp³-hybridized carbons (Fsp3) is 0.636. The quantitative estimate of drug-likeness (QED) is 0.745. The lowest BCUT2D eigenvalue weighted by molar-refractivity contribution is 0.111. The van der Waals surface area contributed by atoms with Crippen molar-refractivity contribution in [3.8, 4) is 0 Å². The highest BCUT2D eigenvalue weighted by molar-refractivity contribution is 6.32. The fourth-order valence-corrected chi connectivity index (χ4v) is 2.22. The van der Waals surface area contributed by atoms with Gasteiger partial charge in [0.1, 0.15) is 10.8 Å². The fourth-order valence-electron chi connectivity index (χ4n) is 1.88. The van der Waals surface area contributed by atoms with Crippen molar-refractivity contribution in [2.24, 2.45) is 5.92 Å². The lowest BCUT2D eigenvalue weighted by Gasteiger charge is -2.11. The second-order valence-electron chi connectivity index (χ2n) is 4.22. The summed E-state index contributed by atoms with van der Waals surface area (Å²) in [6.45, 7) is 2.40. The molecule has 1 aromatic heterocycles. The van der Waals surface area contributed by atoms with E-state index in [9.17, 15) is 4.79 Å². The maximum absolute atomic E-state index is 11.0. The standard InChI is InChI=1S/C11H15ClN2O2/c1-7(8-3-4-8)14-11(12)9(5-15)10(13-14)6-16-2/h5,7-8H,3-4,6H2,1-2H3. The summed E-state index contributed by atoms with van der Waals surface area (Å²) >= 11 is 6.15. The van der Waals surface area contributed by atoms with E-state index in [2.05, 4.69) is 12.0 Å². The van der Waals surface area contributed by atoms with E-state index in [1.165, 1.54) is 12.8 Å². The molecule has 0 spiro atoms. The highest BCUT2D eigenvalue weighted by atomic mass is 35.5. The van der Waals surface area contributed by atoms with Gasteiger partial charge in [-0.1, -0.05) is 11.6 Å². The summed E-state index contributed by atoms with van der Waals surface area (Å²) in [7, 11) is 1.58. The molecule has 1 aliphatic carbocycles. The second-order valence-corrected chi connectivity index (χ2v) is 4.58. The van der Waals surface area contributed by atoms with E-state index in [1.54, 1.807) is 11.8 Å². The van der Waals surface area contributed by atoms with Gasteiger partial charge in [-0.3, -0.25) is 4.79 Å². The number of hydrogen-bond donors (Lipinski definition) is 0. The monoisotopic (exact) mass is 242 g/mol. The summed E-state index contributed by atoms with van der Waals surface area (Å²) in [5.74, 6) is 0.646. The third-order valence-corrected chi connectivity index (χ3v) is 3.43. The van der Waals surface area contributed by atoms with E-state index in [1.807, 2.05) is 0 Å². The normalized spacial score (nSPS) is 17.4. The number of rotatable bonds is 5. The Bertz CT molecular complexity index is 399. The van der Waals surface area contributed by atoms with Crippen molar-refractivity contribution in [2.45, 2.75) is 32.4 Å². The second kappa shape index (κ2) is 4.55. The molecule has 0 aromatic carbocycles. The molecule has 0 bridgehead atoms. The molecule has 1 unspecified atom stereocenters. The minimum Gasteiger partial charge on any atom is -0.378 e. The van der Waals surface area contributed by atoms with Gasteiger partial charge in [0, 0.05) is 7.11 Å². The van der Waals surface area contributed by atoms with Crippen LogP contribution in [0.4, 0.5) is 0 Å². The highest BCUT2D eigenvalue weighted by Gasteiger charge is 2.32. The molecular formula is C11H15ClN2O2. The Hall–Kier alpha value is -0.870. The minimum atomic E-state index is 0.261. The van der Waals surface area contributed by atoms with Crippen molar-refractivity contribution in [2.75, 3.05) is 7.11 Å². The zero-order chi connectivity index (χ0) is 11.7. The molecule has 0 N–H and O–H groups in total. The maximum Gasteiger partial charge on any atom is 0.155 e. The summed E-state index contributed by atoms with van der Waals surface area (Å²) in [6.07, 6.45) is 3.18. The van der Waals surface area contributed by atoms with Gasteiger partial charge in [-0.05, 0) is 25.7 Å². The van der Waals surface area contributed by atoms with Crippen LogP contribution in [0.25, 0.3) is 0 Å². The van der Waals surface area contributed by atoms with Gasteiger partial charge in [0.15, 0.2) is 6.29 Å². The van der Waals surface area contributed by atoms with Gasteiger partial charge in [-0.25, -0.2) is 4.68 Å². The minimum absolute atomic E-state index is 0.261. The number of aromatic nitrogens is 2. The van der Waals surface area contributed by atoms with Crippen LogP contribution in [0.1, 0.15) is 41.9 Å². The van der Waals surface area contributed by atoms with E-state index in [-0.39, 0.29) is 6.04 Å². The summed E-state index contributed by atoms with van der Waals surface area (Å²) in [4.78, 5) is 11.0. The van der Waals surface area contributed by atoms with Crippen molar-refractivity contribution >= 4 is 17.9 Å². The van der Waals surface area contributed by atoms with Crippen LogP contribution in [0.3, 0.4) is 0 Å². The van der Waals surface area contributed by atoms with Crippen LogP contribution in [0.2, 0.25) is 5.15 Å². The Morgan fingerprint density at radius 2 is 2.38 bits per heavy atom. The largest absolute Gasteiger partial charge is 0.378 e. The average Bonchev–Trinajstić information content (AvgIpc) is 3.05. The van der Waals surface area contributed by atoms with Crippen LogP contribution in [0.15, 0.2) is 0 Å². The number of hydrogen-bond acceptors (Lipinski definition) is 3. The van der Waals surface area contributed by atoms with Crippen molar-refractivity contribution < 1.29 is 9.53 Å². The van der Waals surface area contributed by atoms with E-state index >= 15 is 0 Å². The molecule has 0 saturated heterocycles. The average molecular weight is 243 g/mol. The van der Waals surface area contributed by atoms with E-state index in [0.717, 1.165) is 6.29 Å². The Balaban J connectivity index is 2.33. The molecule has 2 rings (SSSR count). The van der Waals surface area contributed by atoms with Crippen LogP contribution in [-0.2, 0) is 11.3 Å². The third kappa shape index (κ3) is 1.99. The molecule has 4 nitrogen and oxygen atoms in total. The lowest BCUT2D eigenvalue weighted by Crippen LogP contribution is -2.09. The summed E-state index contributed by atoms with van der Waals surface area (Å²) < 4.78 is 6.75. The molecule has 16 heavy (non-hydrogen) atoms. The lowest BCUT2D eigenvalue weighted by atomic mass is 10.2. The smallest absolute Gasteiger partial charge is 0.155 e. The first-order valence-corrected chi connectivity index (χ1v) is 5.77. The molecule has 1 saturated carbocycles. The molecule has 1 atom stereocenters. The van der Waals surface area contributed by atoms with Gasteiger partial charge in [-0.2, -0.15) is 5.10 Å². The Kier molecular flexibility index (Phi) is 3.30. The van der Waals surface area contributed by atoms with Crippen molar-refractivity contribution in [3.63, 3.8) is 0 Å². The predicted molar refractivity (Wildman–Crippen MR) is 60.8 cm³/mol. The molecule has 1 heterocycles. The molecule has 88 valence electrons. The van der Waals surface area contributed by atoms with Crippen molar-refractivity contribution in [3.05, 3.63) is 16.4 Å². The van der Waals surface area contributed by atoms with Gasteiger partial charge in [-0.15, -0.1) is 0 Å². The third-order valence-electron chi connectivity index (χ3n) is 3.05. The molecular weight excluding hydrogens is 228 g/mol. The van der Waals surface area contributed by atoms with Gasteiger partial charge in [0.25, 0.3) is 0 Å². The van der Waals surface area contributed by atoms with E-state index in [4.69, 9.17) is 16.3 Å². The van der Waals surface area contributed by atoms with E-state index < -0.39 is 0 Å². The molecule has 0 aliphatic heterocycles. The first-order chi connectivity index (χ1) is 7.69. The Morgan fingerprint density at radius 1 is 1.69 bits per heavy atom. The predicted octanol–water partition coefficient (Wildman–Crippen LogP) is 2.47. The molecule has 1 fully saturated rings. The van der Waals surface area contributed by atoms with Crippen LogP contribution < -0.4 is 0 Å². The Labute approximate surface area is 99.5 Å². The SMILES string of the molecule is COCc1nn(C(C)C2CC2)c(Cl)c1C=O. The first kappa shape index (κ1) is 11.6. The summed E-state index contributed by atoms with van der Waals surface area (Å²) in [5, 5.41) is 4.79. The number of aldehydes is 1. The van der Waals surface area contributed by atoms with Crippen molar-refractivity contribution in [1.29, 1.82) is 0 Å². The zero-order valence-electron chi connectivity index (χ0n) is 9.44. The number of halogens is 1. The van der Waals surface area contributed by atoms with Crippen LogP contribution in [0, 0.1) is 5.92 Å². The van der Waals surface area contributed by atoms with Gasteiger partial charge >= 0.3 is 0 Å². The van der Waals surface area contributed by atoms with Gasteiger partial charge in [0.2, 0.25) is 0 Å². The van der Waals surface area contributed by atoms with Crippen LogP contribution in [-0.4, -0.2) is 23.2 Å². The van der Waals surface area contributed by atoms with Crippen LogP contribution in [0.5, 0.6) is 0 Å². The summed E-state index contributed by atoms with van der Waals surface area (Å²) in [6, 6.07) is 0.261. The summed E-state index contributed by atoms with van der Waals surface area (Å²) in [5.41, 5.74) is 1.08. The number of nitrogens with zero attached hydrogens (tertiary/aromatic N) is 2.